The molecule has 1 unspecified atom stereocenters. The van der Waals surface area contributed by atoms with E-state index in [-0.39, 0.29) is 24.3 Å². The summed E-state index contributed by atoms with van der Waals surface area (Å²) in [7, 11) is 0. The summed E-state index contributed by atoms with van der Waals surface area (Å²) in [5.74, 6) is 0.790. The molecule has 0 spiro atoms. The zero-order valence-electron chi connectivity index (χ0n) is 21.3. The number of aromatic nitrogens is 2. The maximum absolute atomic E-state index is 14.8. The van der Waals surface area contributed by atoms with Crippen molar-refractivity contribution in [3.63, 3.8) is 0 Å². The summed E-state index contributed by atoms with van der Waals surface area (Å²) in [6, 6.07) is 13.8. The number of benzene rings is 2. The Labute approximate surface area is 219 Å². The fourth-order valence-electron chi connectivity index (χ4n) is 4.42. The molecule has 3 aromatic rings. The van der Waals surface area contributed by atoms with Crippen LogP contribution in [0, 0.1) is 19.7 Å². The molecule has 0 amide bonds. The third-order valence-electron chi connectivity index (χ3n) is 6.29. The van der Waals surface area contributed by atoms with Crippen molar-refractivity contribution >= 4 is 29.9 Å². The van der Waals surface area contributed by atoms with Gasteiger partial charge in [-0.15, -0.1) is 12.4 Å². The van der Waals surface area contributed by atoms with Gasteiger partial charge in [-0.2, -0.15) is 4.98 Å². The molecule has 1 aromatic heterocycles. The number of nitrogens with zero attached hydrogens (tertiary/aromatic N) is 4. The van der Waals surface area contributed by atoms with Crippen molar-refractivity contribution in [1.29, 1.82) is 0 Å². The first kappa shape index (κ1) is 27.6. The third-order valence-corrected chi connectivity index (χ3v) is 6.29. The molecule has 7 nitrogen and oxygen atoms in total. The van der Waals surface area contributed by atoms with Gasteiger partial charge >= 0.3 is 0 Å². The van der Waals surface area contributed by atoms with Gasteiger partial charge in [0.05, 0.1) is 18.8 Å². The van der Waals surface area contributed by atoms with Crippen molar-refractivity contribution in [1.82, 2.24) is 14.9 Å². The topological polar surface area (TPSA) is 62.8 Å². The van der Waals surface area contributed by atoms with E-state index >= 15 is 0 Å². The van der Waals surface area contributed by atoms with Crippen molar-refractivity contribution in [2.75, 3.05) is 43.2 Å². The largest absolute Gasteiger partial charge is 0.492 e. The van der Waals surface area contributed by atoms with E-state index in [1.807, 2.05) is 56.3 Å². The van der Waals surface area contributed by atoms with E-state index in [2.05, 4.69) is 34.0 Å². The van der Waals surface area contributed by atoms with Crippen LogP contribution in [-0.2, 0) is 4.84 Å². The van der Waals surface area contributed by atoms with Gasteiger partial charge in [-0.3, -0.25) is 4.84 Å². The minimum absolute atomic E-state index is 0. The predicted octanol–water partition coefficient (Wildman–Crippen LogP) is 6.00. The number of hydroxylamine groups is 1. The normalized spacial score (nSPS) is 15.2. The van der Waals surface area contributed by atoms with Gasteiger partial charge in [0.1, 0.15) is 12.4 Å². The molecule has 0 saturated carbocycles. The van der Waals surface area contributed by atoms with Crippen molar-refractivity contribution in [2.45, 2.75) is 40.2 Å². The standard InChI is InChI=1S/C27H34FN5O2.ClH/c1-5-32(6-2)13-15-34-25-19(3)16-22(17-20(25)4)30-27-29-18-23(28)26(31-27)33-24(12-14-35-33)21-10-8-7-9-11-21;/h7-11,16-18,24H,5-6,12-15H2,1-4H3,(H,29,30,31);1H. The lowest BCUT2D eigenvalue weighted by Crippen LogP contribution is -2.28. The molecule has 1 aliphatic rings. The van der Waals surface area contributed by atoms with E-state index < -0.39 is 5.82 Å². The Balaban J connectivity index is 0.00000361. The van der Waals surface area contributed by atoms with Crippen LogP contribution in [0.2, 0.25) is 0 Å². The van der Waals surface area contributed by atoms with Gasteiger partial charge in [0.25, 0.3) is 0 Å². The molecule has 36 heavy (non-hydrogen) atoms. The number of hydrogen-bond donors (Lipinski definition) is 1. The molecule has 1 saturated heterocycles. The summed E-state index contributed by atoms with van der Waals surface area (Å²) >= 11 is 0. The summed E-state index contributed by atoms with van der Waals surface area (Å²) in [6.07, 6.45) is 1.93. The molecular formula is C27H35ClFN5O2. The van der Waals surface area contributed by atoms with Crippen LogP contribution in [0.3, 0.4) is 0 Å². The Bertz CT molecular complexity index is 1110. The van der Waals surface area contributed by atoms with Crippen molar-refractivity contribution < 1.29 is 14.0 Å². The molecule has 2 heterocycles. The highest BCUT2D eigenvalue weighted by atomic mass is 35.5. The maximum Gasteiger partial charge on any atom is 0.229 e. The van der Waals surface area contributed by atoms with Gasteiger partial charge < -0.3 is 15.0 Å². The van der Waals surface area contributed by atoms with Gasteiger partial charge in [-0.25, -0.2) is 14.4 Å². The molecule has 194 valence electrons. The lowest BCUT2D eigenvalue weighted by atomic mass is 10.0. The number of halogens is 2. The van der Waals surface area contributed by atoms with E-state index in [0.29, 0.717) is 19.2 Å². The molecule has 9 heteroatoms. The summed E-state index contributed by atoms with van der Waals surface area (Å²) in [6.45, 7) is 12.4. The highest BCUT2D eigenvalue weighted by Gasteiger charge is 2.31. The molecule has 1 fully saturated rings. The number of anilines is 3. The molecule has 1 aliphatic heterocycles. The molecule has 0 radical (unpaired) electrons. The number of ether oxygens (including phenoxy) is 1. The van der Waals surface area contributed by atoms with Gasteiger partial charge in [0.15, 0.2) is 11.6 Å². The van der Waals surface area contributed by atoms with Crippen molar-refractivity contribution in [3.05, 3.63) is 71.2 Å². The number of nitrogens with one attached hydrogen (secondary N) is 1. The van der Waals surface area contributed by atoms with Gasteiger partial charge in [-0.05, 0) is 55.8 Å². The Kier molecular flexibility index (Phi) is 9.87. The van der Waals surface area contributed by atoms with E-state index in [0.717, 1.165) is 54.2 Å². The maximum atomic E-state index is 14.8. The lowest BCUT2D eigenvalue weighted by Gasteiger charge is -2.24. The average molecular weight is 516 g/mol. The second-order valence-electron chi connectivity index (χ2n) is 8.68. The van der Waals surface area contributed by atoms with Gasteiger partial charge in [0, 0.05) is 18.7 Å². The molecule has 4 rings (SSSR count). The summed E-state index contributed by atoms with van der Waals surface area (Å²) < 4.78 is 20.9. The van der Waals surface area contributed by atoms with Crippen LogP contribution in [0.15, 0.2) is 48.7 Å². The smallest absolute Gasteiger partial charge is 0.229 e. The average Bonchev–Trinajstić information content (AvgIpc) is 3.35. The van der Waals surface area contributed by atoms with Crippen LogP contribution < -0.4 is 15.1 Å². The first-order valence-electron chi connectivity index (χ1n) is 12.2. The van der Waals surface area contributed by atoms with Crippen molar-refractivity contribution in [2.24, 2.45) is 0 Å². The van der Waals surface area contributed by atoms with Crippen LogP contribution in [-0.4, -0.2) is 47.7 Å². The second-order valence-corrected chi connectivity index (χ2v) is 8.68. The lowest BCUT2D eigenvalue weighted by molar-refractivity contribution is 0.154. The monoisotopic (exact) mass is 515 g/mol. The van der Waals surface area contributed by atoms with Crippen LogP contribution in [0.1, 0.15) is 43.0 Å². The molecule has 0 bridgehead atoms. The van der Waals surface area contributed by atoms with Gasteiger partial charge in [0.2, 0.25) is 5.95 Å². The minimum Gasteiger partial charge on any atom is -0.492 e. The quantitative estimate of drug-likeness (QED) is 0.355. The zero-order chi connectivity index (χ0) is 24.8. The fraction of sp³-hybridized carbons (Fsp3) is 0.407. The Hall–Kier alpha value is -2.94. The highest BCUT2D eigenvalue weighted by Crippen LogP contribution is 2.35. The Morgan fingerprint density at radius 3 is 2.50 bits per heavy atom. The third kappa shape index (κ3) is 6.43. The van der Waals surface area contributed by atoms with E-state index in [4.69, 9.17) is 9.57 Å². The summed E-state index contributed by atoms with van der Waals surface area (Å²) in [5.41, 5.74) is 3.90. The number of hydrogen-bond acceptors (Lipinski definition) is 7. The first-order valence-corrected chi connectivity index (χ1v) is 12.2. The molecule has 1 atom stereocenters. The van der Waals surface area contributed by atoms with E-state index in [1.165, 1.54) is 6.20 Å². The highest BCUT2D eigenvalue weighted by molar-refractivity contribution is 5.85. The second kappa shape index (κ2) is 12.9. The van der Waals surface area contributed by atoms with Crippen LogP contribution in [0.5, 0.6) is 5.75 Å². The fourth-order valence-corrected chi connectivity index (χ4v) is 4.42. The zero-order valence-corrected chi connectivity index (χ0v) is 22.1. The summed E-state index contributed by atoms with van der Waals surface area (Å²) in [4.78, 5) is 16.7. The number of rotatable bonds is 10. The summed E-state index contributed by atoms with van der Waals surface area (Å²) in [5, 5.41) is 4.77. The Morgan fingerprint density at radius 1 is 1.14 bits per heavy atom. The predicted molar refractivity (Wildman–Crippen MR) is 144 cm³/mol. The van der Waals surface area contributed by atoms with Crippen molar-refractivity contribution in [3.8, 4) is 5.75 Å². The van der Waals surface area contributed by atoms with E-state index in [9.17, 15) is 4.39 Å². The minimum atomic E-state index is -0.525. The SMILES string of the molecule is CCN(CC)CCOc1c(C)cc(Nc2ncc(F)c(N3OCCC3c3ccccc3)n2)cc1C.Cl. The first-order chi connectivity index (χ1) is 17.0. The van der Waals surface area contributed by atoms with Gasteiger partial charge in [-0.1, -0.05) is 44.2 Å². The Morgan fingerprint density at radius 2 is 1.83 bits per heavy atom. The van der Waals surface area contributed by atoms with Crippen LogP contribution in [0.25, 0.3) is 0 Å². The molecule has 1 N–H and O–H groups in total. The number of aryl methyl sites for hydroxylation is 2. The molecule has 2 aromatic carbocycles. The van der Waals surface area contributed by atoms with E-state index in [1.54, 1.807) is 5.06 Å². The van der Waals surface area contributed by atoms with Crippen LogP contribution >= 0.6 is 12.4 Å². The molecule has 0 aliphatic carbocycles. The number of likely N-dealkylation sites (N-methyl/N-ethyl adjacent to an activating group) is 1. The van der Waals surface area contributed by atoms with Crippen LogP contribution in [0.4, 0.5) is 21.8 Å². The molecular weight excluding hydrogens is 481 g/mol.